The highest BCUT2D eigenvalue weighted by molar-refractivity contribution is 6.30. The fraction of sp³-hybridized carbons (Fsp3) is 0.500. The van der Waals surface area contributed by atoms with Gasteiger partial charge in [0.05, 0.1) is 36.7 Å². The molecule has 3 aliphatic rings. The van der Waals surface area contributed by atoms with E-state index in [1.54, 1.807) is 19.4 Å². The first-order valence-electron chi connectivity index (χ1n) is 7.22. The summed E-state index contributed by atoms with van der Waals surface area (Å²) in [4.78, 5) is 17.0. The zero-order valence-electron chi connectivity index (χ0n) is 11.9. The van der Waals surface area contributed by atoms with E-state index in [4.69, 9.17) is 21.1 Å². The molecule has 1 aliphatic carbocycles. The van der Waals surface area contributed by atoms with Crippen molar-refractivity contribution in [3.8, 4) is 0 Å². The fourth-order valence-corrected chi connectivity index (χ4v) is 4.30. The van der Waals surface area contributed by atoms with Gasteiger partial charge in [-0.25, -0.2) is 4.98 Å². The number of carbonyl (C=O) groups excluding carboxylic acids is 1. The first kappa shape index (κ1) is 13.3. The Balaban J connectivity index is 1.86. The maximum atomic E-state index is 12.9. The third-order valence-electron chi connectivity index (χ3n) is 4.94. The number of hydrogen-bond acceptors (Lipinski definition) is 4. The summed E-state index contributed by atoms with van der Waals surface area (Å²) < 4.78 is 11.5. The molecular formula is C16H16ClNO3. The Morgan fingerprint density at radius 3 is 2.71 bits per heavy atom. The van der Waals surface area contributed by atoms with Gasteiger partial charge in [0.25, 0.3) is 0 Å². The van der Waals surface area contributed by atoms with E-state index in [1.165, 1.54) is 0 Å². The molecule has 0 amide bonds. The molecule has 1 aromatic heterocycles. The van der Waals surface area contributed by atoms with Crippen molar-refractivity contribution in [3.05, 3.63) is 34.3 Å². The summed E-state index contributed by atoms with van der Waals surface area (Å²) >= 11 is 5.92. The number of carbonyl (C=O) groups is 1. The molecule has 1 aromatic rings. The standard InChI is InChI=1S/C16H16ClNO3/c1-7-5-11(17)18-6-8(7)12-15(19)13-9-3-4-10(21-9)14(13)16(12)20-2/h5-6,9-10,13-14H,3-4H2,1-2H3. The highest BCUT2D eigenvalue weighted by Crippen LogP contribution is 2.54. The van der Waals surface area contributed by atoms with Crippen LogP contribution in [0.4, 0.5) is 0 Å². The smallest absolute Gasteiger partial charge is 0.173 e. The Morgan fingerprint density at radius 2 is 2.05 bits per heavy atom. The van der Waals surface area contributed by atoms with Crippen LogP contribution in [-0.2, 0) is 14.3 Å². The summed E-state index contributed by atoms with van der Waals surface area (Å²) in [5.41, 5.74) is 2.45. The van der Waals surface area contributed by atoms with E-state index in [1.807, 2.05) is 6.92 Å². The quantitative estimate of drug-likeness (QED) is 0.788. The van der Waals surface area contributed by atoms with Gasteiger partial charge in [0.1, 0.15) is 10.9 Å². The van der Waals surface area contributed by atoms with E-state index >= 15 is 0 Å². The number of aromatic nitrogens is 1. The Morgan fingerprint density at radius 1 is 1.33 bits per heavy atom. The summed E-state index contributed by atoms with van der Waals surface area (Å²) in [6.07, 6.45) is 3.83. The van der Waals surface area contributed by atoms with E-state index in [-0.39, 0.29) is 29.8 Å². The minimum absolute atomic E-state index is 0.0516. The maximum absolute atomic E-state index is 12.9. The lowest BCUT2D eigenvalue weighted by Gasteiger charge is -2.21. The number of rotatable bonds is 2. The van der Waals surface area contributed by atoms with Gasteiger partial charge in [0.15, 0.2) is 5.78 Å². The van der Waals surface area contributed by atoms with E-state index in [9.17, 15) is 4.79 Å². The molecular weight excluding hydrogens is 290 g/mol. The number of allylic oxidation sites excluding steroid dienone is 1. The summed E-state index contributed by atoms with van der Waals surface area (Å²) in [6.45, 7) is 1.94. The van der Waals surface area contributed by atoms with Crippen LogP contribution < -0.4 is 0 Å². The van der Waals surface area contributed by atoms with Crippen LogP contribution >= 0.6 is 11.6 Å². The molecule has 3 heterocycles. The number of halogens is 1. The van der Waals surface area contributed by atoms with Crippen LogP contribution in [0.15, 0.2) is 18.0 Å². The third-order valence-corrected chi connectivity index (χ3v) is 5.14. The Hall–Kier alpha value is -1.39. The first-order chi connectivity index (χ1) is 10.1. The molecule has 4 unspecified atom stereocenters. The monoisotopic (exact) mass is 305 g/mol. The minimum atomic E-state index is -0.0798. The molecule has 4 atom stereocenters. The number of ether oxygens (including phenoxy) is 2. The molecule has 5 heteroatoms. The molecule has 0 saturated carbocycles. The molecule has 2 aliphatic heterocycles. The first-order valence-corrected chi connectivity index (χ1v) is 7.60. The van der Waals surface area contributed by atoms with Gasteiger partial charge in [0, 0.05) is 11.8 Å². The van der Waals surface area contributed by atoms with Crippen LogP contribution in [0.2, 0.25) is 5.15 Å². The molecule has 4 rings (SSSR count). The molecule has 2 fully saturated rings. The summed E-state index contributed by atoms with van der Waals surface area (Å²) in [6, 6.07) is 1.78. The SMILES string of the molecule is COC1=C(c2cnc(Cl)cc2C)C(=O)C2C3CCC(O3)C12. The number of fused-ring (bicyclic) bond motifs is 5. The van der Waals surface area contributed by atoms with Crippen LogP contribution in [0.5, 0.6) is 0 Å². The van der Waals surface area contributed by atoms with Gasteiger partial charge in [-0.2, -0.15) is 0 Å². The molecule has 0 N–H and O–H groups in total. The van der Waals surface area contributed by atoms with E-state index in [2.05, 4.69) is 4.98 Å². The largest absolute Gasteiger partial charge is 0.500 e. The summed E-state index contributed by atoms with van der Waals surface area (Å²) in [5.74, 6) is 0.899. The second-order valence-electron chi connectivity index (χ2n) is 5.97. The average molecular weight is 306 g/mol. The van der Waals surface area contributed by atoms with Crippen molar-refractivity contribution in [3.63, 3.8) is 0 Å². The number of hydrogen-bond donors (Lipinski definition) is 0. The van der Waals surface area contributed by atoms with Gasteiger partial charge in [-0.05, 0) is 31.4 Å². The Labute approximate surface area is 128 Å². The number of Topliss-reactive ketones (excluding diaryl/α,β-unsaturated/α-hetero) is 1. The topological polar surface area (TPSA) is 48.4 Å². The van der Waals surface area contributed by atoms with Crippen LogP contribution in [0, 0.1) is 18.8 Å². The normalized spacial score (nSPS) is 33.8. The number of methoxy groups -OCH3 is 1. The number of aryl methyl sites for hydroxylation is 1. The lowest BCUT2D eigenvalue weighted by molar-refractivity contribution is -0.118. The molecule has 0 aromatic carbocycles. The van der Waals surface area contributed by atoms with Crippen LogP contribution in [0.25, 0.3) is 5.57 Å². The average Bonchev–Trinajstić information content (AvgIpc) is 3.11. The van der Waals surface area contributed by atoms with Gasteiger partial charge in [-0.3, -0.25) is 4.79 Å². The Bertz CT molecular complexity index is 669. The van der Waals surface area contributed by atoms with Crippen molar-refractivity contribution in [1.82, 2.24) is 4.98 Å². The number of pyridine rings is 1. The molecule has 0 radical (unpaired) electrons. The predicted molar refractivity (Wildman–Crippen MR) is 77.8 cm³/mol. The molecule has 0 spiro atoms. The second kappa shape index (κ2) is 4.55. The number of ketones is 1. The molecule has 110 valence electrons. The van der Waals surface area contributed by atoms with E-state index in [0.717, 1.165) is 29.7 Å². The van der Waals surface area contributed by atoms with Crippen LogP contribution in [0.3, 0.4) is 0 Å². The molecule has 2 bridgehead atoms. The van der Waals surface area contributed by atoms with Crippen LogP contribution in [0.1, 0.15) is 24.0 Å². The van der Waals surface area contributed by atoms with Crippen molar-refractivity contribution >= 4 is 23.0 Å². The van der Waals surface area contributed by atoms with Gasteiger partial charge in [-0.15, -0.1) is 0 Å². The zero-order valence-corrected chi connectivity index (χ0v) is 12.7. The number of nitrogens with zero attached hydrogens (tertiary/aromatic N) is 1. The van der Waals surface area contributed by atoms with Crippen LogP contribution in [-0.4, -0.2) is 30.1 Å². The maximum Gasteiger partial charge on any atom is 0.173 e. The highest BCUT2D eigenvalue weighted by atomic mass is 35.5. The lowest BCUT2D eigenvalue weighted by Crippen LogP contribution is -2.29. The molecule has 21 heavy (non-hydrogen) atoms. The zero-order chi connectivity index (χ0) is 14.7. The van der Waals surface area contributed by atoms with E-state index in [0.29, 0.717) is 10.7 Å². The fourth-order valence-electron chi connectivity index (χ4n) is 4.09. The Kier molecular flexibility index (Phi) is 2.88. The summed E-state index contributed by atoms with van der Waals surface area (Å²) in [5, 5.41) is 0.435. The third kappa shape index (κ3) is 1.72. The van der Waals surface area contributed by atoms with Crippen molar-refractivity contribution in [1.29, 1.82) is 0 Å². The van der Waals surface area contributed by atoms with Gasteiger partial charge in [0.2, 0.25) is 0 Å². The van der Waals surface area contributed by atoms with Crippen molar-refractivity contribution in [2.45, 2.75) is 32.0 Å². The van der Waals surface area contributed by atoms with Gasteiger partial charge < -0.3 is 9.47 Å². The summed E-state index contributed by atoms with van der Waals surface area (Å²) in [7, 11) is 1.63. The highest BCUT2D eigenvalue weighted by Gasteiger charge is 2.59. The van der Waals surface area contributed by atoms with E-state index < -0.39 is 0 Å². The van der Waals surface area contributed by atoms with Gasteiger partial charge >= 0.3 is 0 Å². The van der Waals surface area contributed by atoms with Gasteiger partial charge in [-0.1, -0.05) is 11.6 Å². The lowest BCUT2D eigenvalue weighted by atomic mass is 9.80. The predicted octanol–water partition coefficient (Wildman–Crippen LogP) is 2.78. The van der Waals surface area contributed by atoms with Crippen molar-refractivity contribution < 1.29 is 14.3 Å². The van der Waals surface area contributed by atoms with Crippen molar-refractivity contribution in [2.24, 2.45) is 11.8 Å². The minimum Gasteiger partial charge on any atom is -0.500 e. The molecule has 4 nitrogen and oxygen atoms in total. The molecule has 2 saturated heterocycles. The van der Waals surface area contributed by atoms with Crippen molar-refractivity contribution in [2.75, 3.05) is 7.11 Å². The second-order valence-corrected chi connectivity index (χ2v) is 6.36.